The molecule has 184 valence electrons. The van der Waals surface area contributed by atoms with E-state index in [1.807, 2.05) is 12.1 Å². The van der Waals surface area contributed by atoms with Gasteiger partial charge in [-0.2, -0.15) is 41.6 Å². The lowest BCUT2D eigenvalue weighted by Gasteiger charge is -2.21. The molecule has 0 saturated carbocycles. The van der Waals surface area contributed by atoms with E-state index in [4.69, 9.17) is 0 Å². The summed E-state index contributed by atoms with van der Waals surface area (Å²) in [7, 11) is 0. The van der Waals surface area contributed by atoms with Gasteiger partial charge in [0.25, 0.3) is 0 Å². The zero-order valence-electron chi connectivity index (χ0n) is 18.1. The largest absolute Gasteiger partial charge is 0.417 e. The Morgan fingerprint density at radius 1 is 0.889 bits per heavy atom. The van der Waals surface area contributed by atoms with Gasteiger partial charge in [-0.3, -0.25) is 9.99 Å². The molecule has 0 unspecified atom stereocenters. The molecule has 1 N–H and O–H groups in total. The van der Waals surface area contributed by atoms with E-state index in [1.165, 1.54) is 12.1 Å². The fourth-order valence-electron chi connectivity index (χ4n) is 3.68. The summed E-state index contributed by atoms with van der Waals surface area (Å²) in [6.45, 7) is 0.562. The third kappa shape index (κ3) is 4.76. The predicted molar refractivity (Wildman–Crippen MR) is 116 cm³/mol. The highest BCUT2D eigenvalue weighted by Crippen LogP contribution is 2.40. The van der Waals surface area contributed by atoms with Gasteiger partial charge in [0.1, 0.15) is 11.4 Å². The number of nitrogens with one attached hydrogen (secondary N) is 1. The summed E-state index contributed by atoms with van der Waals surface area (Å²) in [5.74, 6) is 0.593. The number of halogens is 6. The highest BCUT2D eigenvalue weighted by molar-refractivity contribution is 5.80. The van der Waals surface area contributed by atoms with Crippen LogP contribution in [0.2, 0.25) is 0 Å². The van der Waals surface area contributed by atoms with E-state index < -0.39 is 29.0 Å². The number of alkyl halides is 6. The van der Waals surface area contributed by atoms with Gasteiger partial charge >= 0.3 is 12.4 Å². The molecule has 36 heavy (non-hydrogen) atoms. The number of aromatic amines is 1. The number of nitrogens with zero attached hydrogens (tertiary/aromatic N) is 6. The Labute approximate surface area is 199 Å². The molecule has 0 aliphatic carbocycles. The lowest BCUT2D eigenvalue weighted by molar-refractivity contribution is -0.142. The average Bonchev–Trinajstić information content (AvgIpc) is 3.27. The fourth-order valence-corrected chi connectivity index (χ4v) is 3.68. The summed E-state index contributed by atoms with van der Waals surface area (Å²) in [4.78, 5) is 11.9. The third-order valence-corrected chi connectivity index (χ3v) is 5.39. The number of pyridine rings is 1. The van der Waals surface area contributed by atoms with E-state index in [1.54, 1.807) is 23.5 Å². The number of benzene rings is 1. The number of hydrogen-bond donors (Lipinski definition) is 1. The van der Waals surface area contributed by atoms with Gasteiger partial charge in [-0.25, -0.2) is 4.98 Å². The molecule has 0 radical (unpaired) electrons. The number of hydrazone groups is 1. The molecule has 0 saturated heterocycles. The van der Waals surface area contributed by atoms with Crippen LogP contribution in [0, 0.1) is 0 Å². The Hall–Kier alpha value is -4.29. The maximum absolute atomic E-state index is 13.5. The molecule has 1 aromatic carbocycles. The highest BCUT2D eigenvalue weighted by Gasteiger charge is 2.38. The SMILES string of the molecule is FC(F)(F)c1ccc(-c2ccc(CN3Cc4[nH]c(-c5ccccn5)nc4C=N3)nn2)c(C(F)(F)F)c1. The smallest absolute Gasteiger partial charge is 0.338 e. The van der Waals surface area contributed by atoms with Gasteiger partial charge in [-0.15, -0.1) is 0 Å². The number of imidazole rings is 1. The summed E-state index contributed by atoms with van der Waals surface area (Å²) in [5, 5.41) is 13.8. The Morgan fingerprint density at radius 2 is 1.72 bits per heavy atom. The van der Waals surface area contributed by atoms with Crippen molar-refractivity contribution in [2.24, 2.45) is 5.10 Å². The molecule has 4 aromatic rings. The van der Waals surface area contributed by atoms with Crippen molar-refractivity contribution in [1.82, 2.24) is 30.2 Å². The number of hydrogen-bond acceptors (Lipinski definition) is 6. The Bertz CT molecular complexity index is 1410. The van der Waals surface area contributed by atoms with Gasteiger partial charge < -0.3 is 4.98 Å². The zero-order chi connectivity index (χ0) is 25.5. The summed E-state index contributed by atoms with van der Waals surface area (Å²) in [6.07, 6.45) is -6.69. The summed E-state index contributed by atoms with van der Waals surface area (Å²) in [5.41, 5.74) is -0.970. The molecule has 0 fully saturated rings. The van der Waals surface area contributed by atoms with Crippen molar-refractivity contribution in [3.8, 4) is 22.8 Å². The molecular formula is C23H15F6N7. The van der Waals surface area contributed by atoms with E-state index in [-0.39, 0.29) is 18.3 Å². The molecule has 0 atom stereocenters. The van der Waals surface area contributed by atoms with Gasteiger partial charge in [0, 0.05) is 11.8 Å². The van der Waals surface area contributed by atoms with Crippen LogP contribution >= 0.6 is 0 Å². The summed E-state index contributed by atoms with van der Waals surface area (Å²) < 4.78 is 79.2. The van der Waals surface area contributed by atoms with Crippen LogP contribution in [0.15, 0.2) is 59.8 Å². The second kappa shape index (κ2) is 8.73. The molecule has 0 spiro atoms. The van der Waals surface area contributed by atoms with Crippen molar-refractivity contribution in [1.29, 1.82) is 0 Å². The number of fused-ring (bicyclic) bond motifs is 1. The predicted octanol–water partition coefficient (Wildman–Crippen LogP) is 5.32. The second-order valence-electron chi connectivity index (χ2n) is 7.90. The first kappa shape index (κ1) is 23.5. The first-order valence-electron chi connectivity index (χ1n) is 10.5. The van der Waals surface area contributed by atoms with Crippen LogP contribution < -0.4 is 0 Å². The Morgan fingerprint density at radius 3 is 2.39 bits per heavy atom. The Kier molecular flexibility index (Phi) is 5.69. The Balaban J connectivity index is 1.33. The first-order chi connectivity index (χ1) is 17.1. The molecule has 7 nitrogen and oxygen atoms in total. The topological polar surface area (TPSA) is 83.0 Å². The second-order valence-corrected chi connectivity index (χ2v) is 7.90. The summed E-state index contributed by atoms with van der Waals surface area (Å²) in [6, 6.07) is 9.61. The van der Waals surface area contributed by atoms with Crippen molar-refractivity contribution in [2.45, 2.75) is 25.4 Å². The van der Waals surface area contributed by atoms with Crippen molar-refractivity contribution in [3.63, 3.8) is 0 Å². The minimum absolute atomic E-state index is 0.0780. The summed E-state index contributed by atoms with van der Waals surface area (Å²) >= 11 is 0. The zero-order valence-corrected chi connectivity index (χ0v) is 18.1. The quantitative estimate of drug-likeness (QED) is 0.382. The molecule has 0 amide bonds. The van der Waals surface area contributed by atoms with E-state index in [0.717, 1.165) is 11.8 Å². The molecule has 4 heterocycles. The van der Waals surface area contributed by atoms with Gasteiger partial charge in [-0.1, -0.05) is 12.1 Å². The third-order valence-electron chi connectivity index (χ3n) is 5.39. The minimum atomic E-state index is -5.00. The fraction of sp³-hybridized carbons (Fsp3) is 0.174. The van der Waals surface area contributed by atoms with Crippen LogP contribution in [-0.2, 0) is 25.4 Å². The van der Waals surface area contributed by atoms with Crippen LogP contribution in [0.4, 0.5) is 26.3 Å². The van der Waals surface area contributed by atoms with Crippen molar-refractivity contribution >= 4 is 6.21 Å². The van der Waals surface area contributed by atoms with Gasteiger partial charge in [0.2, 0.25) is 0 Å². The number of aromatic nitrogens is 5. The monoisotopic (exact) mass is 503 g/mol. The lowest BCUT2D eigenvalue weighted by Crippen LogP contribution is -2.22. The van der Waals surface area contributed by atoms with Gasteiger partial charge in [0.15, 0.2) is 5.82 Å². The number of rotatable bonds is 4. The standard InChI is InChI=1S/C23H15F6N7/c24-22(25,26)13-4-6-15(16(9-13)23(27,28)29)17-7-5-14(34-35-17)11-36-12-20-19(10-31-36)32-21(33-20)18-3-1-2-8-30-18/h1-10H,11-12H2,(H,32,33). The van der Waals surface area contributed by atoms with Crippen LogP contribution in [0.1, 0.15) is 28.2 Å². The maximum Gasteiger partial charge on any atom is 0.417 e. The van der Waals surface area contributed by atoms with Crippen LogP contribution in [0.3, 0.4) is 0 Å². The number of H-pyrrole nitrogens is 1. The molecule has 3 aromatic heterocycles. The average molecular weight is 503 g/mol. The minimum Gasteiger partial charge on any atom is -0.338 e. The molecular weight excluding hydrogens is 488 g/mol. The normalized spacial score (nSPS) is 13.7. The van der Waals surface area contributed by atoms with Crippen LogP contribution in [0.25, 0.3) is 22.8 Å². The van der Waals surface area contributed by atoms with Gasteiger partial charge in [-0.05, 0) is 36.4 Å². The van der Waals surface area contributed by atoms with Crippen LogP contribution in [0.5, 0.6) is 0 Å². The van der Waals surface area contributed by atoms with Crippen LogP contribution in [-0.4, -0.2) is 36.4 Å². The molecule has 0 bridgehead atoms. The van der Waals surface area contributed by atoms with E-state index in [2.05, 4.69) is 30.3 Å². The molecule has 5 rings (SSSR count). The first-order valence-corrected chi connectivity index (χ1v) is 10.5. The van der Waals surface area contributed by atoms with E-state index in [0.29, 0.717) is 35.5 Å². The van der Waals surface area contributed by atoms with Crippen molar-refractivity contribution < 1.29 is 26.3 Å². The molecule has 13 heteroatoms. The van der Waals surface area contributed by atoms with Gasteiger partial charge in [0.05, 0.1) is 47.5 Å². The van der Waals surface area contributed by atoms with Crippen molar-refractivity contribution in [3.05, 3.63) is 82.9 Å². The van der Waals surface area contributed by atoms with Crippen molar-refractivity contribution in [2.75, 3.05) is 0 Å². The van der Waals surface area contributed by atoms with E-state index in [9.17, 15) is 26.3 Å². The lowest BCUT2D eigenvalue weighted by atomic mass is 10.00. The molecule has 1 aliphatic heterocycles. The maximum atomic E-state index is 13.5. The highest BCUT2D eigenvalue weighted by atomic mass is 19.4. The van der Waals surface area contributed by atoms with E-state index >= 15 is 0 Å². The molecule has 1 aliphatic rings.